The lowest BCUT2D eigenvalue weighted by Crippen LogP contribution is -2.35. The van der Waals surface area contributed by atoms with Crippen molar-refractivity contribution in [3.63, 3.8) is 0 Å². The molecule has 0 unspecified atom stereocenters. The van der Waals surface area contributed by atoms with Gasteiger partial charge in [0.15, 0.2) is 5.69 Å². The number of carbonyl (C=O) groups is 1. The number of nitrogens with one attached hydrogen (secondary N) is 2. The zero-order valence-corrected chi connectivity index (χ0v) is 13.9. The third-order valence-electron chi connectivity index (χ3n) is 3.55. The molecule has 0 radical (unpaired) electrons. The molecule has 0 aliphatic rings. The maximum Gasteiger partial charge on any atom is 0.274 e. The van der Waals surface area contributed by atoms with Crippen molar-refractivity contribution in [3.8, 4) is 0 Å². The van der Waals surface area contributed by atoms with Gasteiger partial charge in [-0.3, -0.25) is 9.59 Å². The molecule has 2 aromatic rings. The molecule has 0 atom stereocenters. The van der Waals surface area contributed by atoms with Gasteiger partial charge < -0.3 is 10.6 Å². The Bertz CT molecular complexity index is 737. The Kier molecular flexibility index (Phi) is 5.87. The summed E-state index contributed by atoms with van der Waals surface area (Å²) in [5, 5.41) is 11.5. The molecule has 0 bridgehead atoms. The first kappa shape index (κ1) is 17.1. The average molecular weight is 316 g/mol. The minimum Gasteiger partial charge on any atom is -0.349 e. The van der Waals surface area contributed by atoms with Crippen LogP contribution in [0.4, 0.5) is 0 Å². The van der Waals surface area contributed by atoms with E-state index < -0.39 is 0 Å². The van der Waals surface area contributed by atoms with Crippen LogP contribution in [-0.2, 0) is 0 Å². The summed E-state index contributed by atoms with van der Waals surface area (Å²) in [7, 11) is 0. The fraction of sp³-hybridized carbons (Fsp3) is 0.471. The smallest absolute Gasteiger partial charge is 0.274 e. The van der Waals surface area contributed by atoms with Crippen LogP contribution in [0.3, 0.4) is 0 Å². The molecular weight excluding hydrogens is 292 g/mol. The molecule has 0 saturated heterocycles. The predicted molar refractivity (Wildman–Crippen MR) is 91.9 cm³/mol. The summed E-state index contributed by atoms with van der Waals surface area (Å²) in [4.78, 5) is 24.9. The van der Waals surface area contributed by atoms with Gasteiger partial charge in [-0.05, 0) is 32.9 Å². The van der Waals surface area contributed by atoms with Gasteiger partial charge in [0.05, 0.1) is 11.4 Å². The molecule has 0 aliphatic heterocycles. The molecule has 0 aliphatic carbocycles. The highest BCUT2D eigenvalue weighted by atomic mass is 16.2. The van der Waals surface area contributed by atoms with Gasteiger partial charge in [0.1, 0.15) is 0 Å². The van der Waals surface area contributed by atoms with Gasteiger partial charge in [0.25, 0.3) is 11.5 Å². The van der Waals surface area contributed by atoms with Gasteiger partial charge in [-0.2, -0.15) is 5.10 Å². The van der Waals surface area contributed by atoms with Crippen LogP contribution < -0.4 is 16.2 Å². The van der Waals surface area contributed by atoms with E-state index in [-0.39, 0.29) is 17.5 Å². The molecule has 2 rings (SSSR count). The lowest BCUT2D eigenvalue weighted by atomic mass is 10.1. The number of rotatable bonds is 7. The van der Waals surface area contributed by atoms with Gasteiger partial charge >= 0.3 is 0 Å². The standard InChI is InChI=1S/C17H24N4O2/c1-4-9-18-10-11-19-16(22)15-13-7-5-6-8-14(13)17(23)21(20-15)12(2)3/h5-8,12,18H,4,9-11H2,1-3H3,(H,19,22). The molecule has 6 heteroatoms. The maximum absolute atomic E-state index is 12.5. The summed E-state index contributed by atoms with van der Waals surface area (Å²) >= 11 is 0. The number of aromatic nitrogens is 2. The van der Waals surface area contributed by atoms with Crippen LogP contribution in [0.5, 0.6) is 0 Å². The van der Waals surface area contributed by atoms with Gasteiger partial charge in [-0.15, -0.1) is 0 Å². The normalized spacial score (nSPS) is 11.1. The van der Waals surface area contributed by atoms with E-state index in [4.69, 9.17) is 0 Å². The van der Waals surface area contributed by atoms with Gasteiger partial charge in [0, 0.05) is 18.5 Å². The van der Waals surface area contributed by atoms with E-state index in [1.807, 2.05) is 19.9 Å². The lowest BCUT2D eigenvalue weighted by molar-refractivity contribution is 0.0948. The molecule has 1 amide bonds. The van der Waals surface area contributed by atoms with Crippen LogP contribution in [0.15, 0.2) is 29.1 Å². The molecule has 23 heavy (non-hydrogen) atoms. The third kappa shape index (κ3) is 3.96. The quantitative estimate of drug-likeness (QED) is 0.763. The van der Waals surface area contributed by atoms with Crippen molar-refractivity contribution in [3.05, 3.63) is 40.3 Å². The van der Waals surface area contributed by atoms with E-state index in [2.05, 4.69) is 22.7 Å². The van der Waals surface area contributed by atoms with Crippen LogP contribution >= 0.6 is 0 Å². The summed E-state index contributed by atoms with van der Waals surface area (Å²) < 4.78 is 1.37. The van der Waals surface area contributed by atoms with E-state index in [0.29, 0.717) is 29.6 Å². The molecule has 1 aromatic carbocycles. The molecule has 124 valence electrons. The molecule has 0 spiro atoms. The highest BCUT2D eigenvalue weighted by Crippen LogP contribution is 2.14. The second-order valence-electron chi connectivity index (χ2n) is 5.74. The number of amides is 1. The summed E-state index contributed by atoms with van der Waals surface area (Å²) in [5.74, 6) is -0.256. The summed E-state index contributed by atoms with van der Waals surface area (Å²) in [5.41, 5.74) is 0.126. The predicted octanol–water partition coefficient (Wildman–Crippen LogP) is 1.71. The molecule has 1 heterocycles. The van der Waals surface area contributed by atoms with Gasteiger partial charge in [-0.25, -0.2) is 4.68 Å². The van der Waals surface area contributed by atoms with Crippen LogP contribution in [0.2, 0.25) is 0 Å². The number of carbonyl (C=O) groups excluding carboxylic acids is 1. The fourth-order valence-electron chi connectivity index (χ4n) is 2.37. The van der Waals surface area contributed by atoms with Crippen molar-refractivity contribution in [2.45, 2.75) is 33.2 Å². The van der Waals surface area contributed by atoms with Crippen molar-refractivity contribution in [1.82, 2.24) is 20.4 Å². The highest BCUT2D eigenvalue weighted by Gasteiger charge is 2.17. The van der Waals surface area contributed by atoms with Crippen molar-refractivity contribution < 1.29 is 4.79 Å². The summed E-state index contributed by atoms with van der Waals surface area (Å²) in [6.07, 6.45) is 1.06. The van der Waals surface area contributed by atoms with E-state index in [9.17, 15) is 9.59 Å². The van der Waals surface area contributed by atoms with Crippen LogP contribution in [0.25, 0.3) is 10.8 Å². The minimum absolute atomic E-state index is 0.107. The summed E-state index contributed by atoms with van der Waals surface area (Å²) in [6.45, 7) is 8.00. The SMILES string of the molecule is CCCNCCNC(=O)c1nn(C(C)C)c(=O)c2ccccc12. The zero-order chi connectivity index (χ0) is 16.8. The molecule has 6 nitrogen and oxygen atoms in total. The topological polar surface area (TPSA) is 76.0 Å². The van der Waals surface area contributed by atoms with E-state index >= 15 is 0 Å². The molecular formula is C17H24N4O2. The molecule has 0 fully saturated rings. The number of benzene rings is 1. The van der Waals surface area contributed by atoms with E-state index in [0.717, 1.165) is 13.0 Å². The van der Waals surface area contributed by atoms with Gasteiger partial charge in [-0.1, -0.05) is 25.1 Å². The van der Waals surface area contributed by atoms with Crippen LogP contribution in [-0.4, -0.2) is 35.3 Å². The number of nitrogens with zero attached hydrogens (tertiary/aromatic N) is 2. The van der Waals surface area contributed by atoms with Crippen LogP contribution in [0.1, 0.15) is 43.7 Å². The monoisotopic (exact) mass is 316 g/mol. The van der Waals surface area contributed by atoms with E-state index in [1.54, 1.807) is 18.2 Å². The molecule has 1 aromatic heterocycles. The lowest BCUT2D eigenvalue weighted by Gasteiger charge is -2.13. The summed E-state index contributed by atoms with van der Waals surface area (Å²) in [6, 6.07) is 6.99. The van der Waals surface area contributed by atoms with E-state index in [1.165, 1.54) is 4.68 Å². The third-order valence-corrected chi connectivity index (χ3v) is 3.55. The Labute approximate surface area is 135 Å². The Morgan fingerprint density at radius 1 is 1.17 bits per heavy atom. The van der Waals surface area contributed by atoms with Gasteiger partial charge in [0.2, 0.25) is 0 Å². The minimum atomic E-state index is -0.256. The Hall–Kier alpha value is -2.21. The molecule has 0 saturated carbocycles. The first-order chi connectivity index (χ1) is 11.1. The van der Waals surface area contributed by atoms with Crippen molar-refractivity contribution >= 4 is 16.7 Å². The van der Waals surface area contributed by atoms with Crippen molar-refractivity contribution in [1.29, 1.82) is 0 Å². The fourth-order valence-corrected chi connectivity index (χ4v) is 2.37. The number of hydrogen-bond donors (Lipinski definition) is 2. The number of hydrogen-bond acceptors (Lipinski definition) is 4. The molecule has 2 N–H and O–H groups in total. The average Bonchev–Trinajstić information content (AvgIpc) is 2.54. The Morgan fingerprint density at radius 2 is 1.87 bits per heavy atom. The Morgan fingerprint density at radius 3 is 2.52 bits per heavy atom. The van der Waals surface area contributed by atoms with Crippen LogP contribution in [0, 0.1) is 0 Å². The Balaban J connectivity index is 2.30. The maximum atomic E-state index is 12.5. The first-order valence-electron chi connectivity index (χ1n) is 8.06. The second kappa shape index (κ2) is 7.87. The van der Waals surface area contributed by atoms with Crippen molar-refractivity contribution in [2.24, 2.45) is 0 Å². The largest absolute Gasteiger partial charge is 0.349 e. The second-order valence-corrected chi connectivity index (χ2v) is 5.74. The zero-order valence-electron chi connectivity index (χ0n) is 13.9. The first-order valence-corrected chi connectivity index (χ1v) is 8.06. The highest BCUT2D eigenvalue weighted by molar-refractivity contribution is 6.04. The van der Waals surface area contributed by atoms with Crippen molar-refractivity contribution in [2.75, 3.05) is 19.6 Å². The number of fused-ring (bicyclic) bond motifs is 1.